The van der Waals surface area contributed by atoms with Crippen molar-refractivity contribution < 1.29 is 22.7 Å². The lowest BCUT2D eigenvalue weighted by Gasteiger charge is -2.13. The fraction of sp³-hybridized carbons (Fsp3) is 0.211. The summed E-state index contributed by atoms with van der Waals surface area (Å²) in [5.41, 5.74) is 1.67. The number of benzene rings is 2. The lowest BCUT2D eigenvalue weighted by molar-refractivity contribution is -0.137. The fourth-order valence-electron chi connectivity index (χ4n) is 2.71. The third-order valence-corrected chi connectivity index (χ3v) is 3.94. The predicted molar refractivity (Wildman–Crippen MR) is 87.5 cm³/mol. The van der Waals surface area contributed by atoms with E-state index in [1.165, 1.54) is 18.2 Å². The van der Waals surface area contributed by atoms with Crippen LogP contribution in [-0.4, -0.2) is 16.7 Å². The van der Waals surface area contributed by atoms with Crippen LogP contribution in [0, 0.1) is 5.82 Å². The number of aromatic nitrogens is 1. The smallest absolute Gasteiger partial charge is 0.396 e. The molecule has 0 aliphatic heterocycles. The van der Waals surface area contributed by atoms with Gasteiger partial charge in [0.15, 0.2) is 0 Å². The number of halogens is 4. The van der Waals surface area contributed by atoms with E-state index in [1.807, 2.05) is 0 Å². The Morgan fingerprint density at radius 3 is 2.32 bits per heavy atom. The molecule has 130 valence electrons. The summed E-state index contributed by atoms with van der Waals surface area (Å²) in [6, 6.07) is 10.8. The van der Waals surface area contributed by atoms with Crippen LogP contribution in [0.25, 0.3) is 22.2 Å². The maximum atomic E-state index is 13.2. The van der Waals surface area contributed by atoms with Crippen LogP contribution in [0.4, 0.5) is 17.6 Å². The normalized spacial score (nSPS) is 11.9. The number of nitrogens with zero attached hydrogens (tertiary/aromatic N) is 1. The minimum absolute atomic E-state index is 0.0382. The third kappa shape index (κ3) is 3.79. The number of hydrogen-bond acceptors (Lipinski definition) is 2. The first-order chi connectivity index (χ1) is 11.9. The highest BCUT2D eigenvalue weighted by Crippen LogP contribution is 2.33. The van der Waals surface area contributed by atoms with E-state index in [0.717, 1.165) is 12.1 Å². The van der Waals surface area contributed by atoms with Gasteiger partial charge in [-0.25, -0.2) is 9.37 Å². The minimum atomic E-state index is -4.42. The van der Waals surface area contributed by atoms with E-state index in [0.29, 0.717) is 40.6 Å². The van der Waals surface area contributed by atoms with Crippen LogP contribution < -0.4 is 0 Å². The Morgan fingerprint density at radius 1 is 0.960 bits per heavy atom. The van der Waals surface area contributed by atoms with Gasteiger partial charge in [0.25, 0.3) is 0 Å². The molecule has 0 saturated carbocycles. The highest BCUT2D eigenvalue weighted by atomic mass is 19.4. The molecular formula is C19H15F4NO. The van der Waals surface area contributed by atoms with Crippen molar-refractivity contribution in [2.45, 2.75) is 19.0 Å². The highest BCUT2D eigenvalue weighted by Gasteiger charge is 2.30. The van der Waals surface area contributed by atoms with E-state index in [1.54, 1.807) is 18.2 Å². The van der Waals surface area contributed by atoms with Gasteiger partial charge < -0.3 is 5.11 Å². The number of pyridine rings is 1. The maximum Gasteiger partial charge on any atom is 0.416 e. The number of hydrogen-bond donors (Lipinski definition) is 1. The van der Waals surface area contributed by atoms with Crippen LogP contribution >= 0.6 is 0 Å². The monoisotopic (exact) mass is 349 g/mol. The lowest BCUT2D eigenvalue weighted by atomic mass is 9.99. The van der Waals surface area contributed by atoms with E-state index in [2.05, 4.69) is 4.98 Å². The maximum absolute atomic E-state index is 13.2. The van der Waals surface area contributed by atoms with Gasteiger partial charge in [-0.15, -0.1) is 0 Å². The molecule has 0 spiro atoms. The molecule has 0 unspecified atom stereocenters. The van der Waals surface area contributed by atoms with Gasteiger partial charge in [0.05, 0.1) is 16.8 Å². The van der Waals surface area contributed by atoms with Crippen molar-refractivity contribution in [1.29, 1.82) is 0 Å². The van der Waals surface area contributed by atoms with Gasteiger partial charge in [-0.05, 0) is 66.9 Å². The van der Waals surface area contributed by atoms with Crippen molar-refractivity contribution in [3.63, 3.8) is 0 Å². The number of fused-ring (bicyclic) bond motifs is 1. The molecule has 0 aliphatic carbocycles. The second-order valence-electron chi connectivity index (χ2n) is 5.74. The molecule has 1 aromatic heterocycles. The Morgan fingerprint density at radius 2 is 1.68 bits per heavy atom. The summed E-state index contributed by atoms with van der Waals surface area (Å²) in [5, 5.41) is 9.45. The number of aryl methyl sites for hydroxylation is 1. The molecule has 0 radical (unpaired) electrons. The molecule has 2 nitrogen and oxygen atoms in total. The van der Waals surface area contributed by atoms with Crippen LogP contribution in [0.5, 0.6) is 0 Å². The van der Waals surface area contributed by atoms with Crippen LogP contribution in [0.15, 0.2) is 48.5 Å². The van der Waals surface area contributed by atoms with Crippen molar-refractivity contribution in [2.75, 3.05) is 6.61 Å². The lowest BCUT2D eigenvalue weighted by Crippen LogP contribution is -2.05. The van der Waals surface area contributed by atoms with Crippen LogP contribution in [0.1, 0.15) is 17.5 Å². The summed E-state index contributed by atoms with van der Waals surface area (Å²) in [7, 11) is 0. The summed E-state index contributed by atoms with van der Waals surface area (Å²) in [5.74, 6) is -0.378. The Bertz CT molecular complexity index is 888. The summed E-state index contributed by atoms with van der Waals surface area (Å²) in [6.45, 7) is -0.0382. The van der Waals surface area contributed by atoms with Crippen LogP contribution in [0.3, 0.4) is 0 Å². The Hall–Kier alpha value is -2.47. The fourth-order valence-corrected chi connectivity index (χ4v) is 2.71. The number of aliphatic hydroxyl groups excluding tert-OH is 1. The first kappa shape index (κ1) is 17.4. The Kier molecular flexibility index (Phi) is 4.72. The molecule has 0 fully saturated rings. The largest absolute Gasteiger partial charge is 0.416 e. The Balaban J connectivity index is 2.16. The summed E-state index contributed by atoms with van der Waals surface area (Å²) in [6.07, 6.45) is -3.50. The van der Waals surface area contributed by atoms with Gasteiger partial charge in [-0.1, -0.05) is 0 Å². The van der Waals surface area contributed by atoms with Gasteiger partial charge in [0.2, 0.25) is 0 Å². The van der Waals surface area contributed by atoms with E-state index in [-0.39, 0.29) is 12.4 Å². The number of rotatable bonds is 4. The second-order valence-corrected chi connectivity index (χ2v) is 5.74. The zero-order chi connectivity index (χ0) is 18.0. The van der Waals surface area contributed by atoms with Gasteiger partial charge in [-0.3, -0.25) is 0 Å². The van der Waals surface area contributed by atoms with E-state index < -0.39 is 11.7 Å². The molecule has 0 amide bonds. The zero-order valence-corrected chi connectivity index (χ0v) is 13.1. The molecule has 3 rings (SSSR count). The Labute approximate surface area is 141 Å². The van der Waals surface area contributed by atoms with Crippen LogP contribution in [-0.2, 0) is 12.6 Å². The van der Waals surface area contributed by atoms with E-state index in [9.17, 15) is 17.6 Å². The van der Waals surface area contributed by atoms with Crippen molar-refractivity contribution in [3.05, 3.63) is 65.5 Å². The van der Waals surface area contributed by atoms with Gasteiger partial charge >= 0.3 is 6.18 Å². The quantitative estimate of drug-likeness (QED) is 0.674. The molecule has 0 aliphatic rings. The zero-order valence-electron chi connectivity index (χ0n) is 13.1. The van der Waals surface area contributed by atoms with Crippen molar-refractivity contribution in [2.24, 2.45) is 0 Å². The third-order valence-electron chi connectivity index (χ3n) is 3.94. The SMILES string of the molecule is OCCCc1cc2cc(C(F)(F)F)ccc2nc1-c1ccc(F)cc1. The summed E-state index contributed by atoms with van der Waals surface area (Å²) >= 11 is 0. The topological polar surface area (TPSA) is 33.1 Å². The second kappa shape index (κ2) is 6.80. The molecule has 2 aromatic carbocycles. The van der Waals surface area contributed by atoms with Crippen molar-refractivity contribution >= 4 is 10.9 Å². The number of alkyl halides is 3. The highest BCUT2D eigenvalue weighted by molar-refractivity contribution is 5.84. The molecule has 25 heavy (non-hydrogen) atoms. The standard InChI is InChI=1S/C19H15F4NO/c20-16-6-3-12(4-7-16)18-13(2-1-9-25)10-14-11-15(19(21,22)23)5-8-17(14)24-18/h3-8,10-11,25H,1-2,9H2. The molecule has 1 heterocycles. The van der Waals surface area contributed by atoms with E-state index >= 15 is 0 Å². The first-order valence-electron chi connectivity index (χ1n) is 7.76. The molecule has 3 aromatic rings. The molecule has 6 heteroatoms. The molecular weight excluding hydrogens is 334 g/mol. The molecule has 0 saturated heterocycles. The molecule has 1 N–H and O–H groups in total. The van der Waals surface area contributed by atoms with Crippen molar-refractivity contribution in [1.82, 2.24) is 4.98 Å². The number of aliphatic hydroxyl groups is 1. The van der Waals surface area contributed by atoms with Crippen molar-refractivity contribution in [3.8, 4) is 11.3 Å². The van der Waals surface area contributed by atoms with Gasteiger partial charge in [0.1, 0.15) is 5.82 Å². The van der Waals surface area contributed by atoms with Crippen LogP contribution in [0.2, 0.25) is 0 Å². The minimum Gasteiger partial charge on any atom is -0.396 e. The molecule has 0 bridgehead atoms. The average Bonchev–Trinajstić information content (AvgIpc) is 2.58. The summed E-state index contributed by atoms with van der Waals surface area (Å²) in [4.78, 5) is 4.48. The average molecular weight is 349 g/mol. The predicted octanol–water partition coefficient (Wildman–Crippen LogP) is 4.98. The van der Waals surface area contributed by atoms with Gasteiger partial charge in [-0.2, -0.15) is 13.2 Å². The molecule has 0 atom stereocenters. The summed E-state index contributed by atoms with van der Waals surface area (Å²) < 4.78 is 51.9. The van der Waals surface area contributed by atoms with Gasteiger partial charge in [0, 0.05) is 17.6 Å². The van der Waals surface area contributed by atoms with E-state index in [4.69, 9.17) is 5.11 Å². The first-order valence-corrected chi connectivity index (χ1v) is 7.76.